The molecule has 1 atom stereocenters. The lowest BCUT2D eigenvalue weighted by atomic mass is 9.89. The Kier molecular flexibility index (Phi) is 4.34. The van der Waals surface area contributed by atoms with Crippen LogP contribution in [-0.4, -0.2) is 16.2 Å². The smallest absolute Gasteiger partial charge is 0.262 e. The van der Waals surface area contributed by atoms with E-state index in [9.17, 15) is 4.79 Å². The molecule has 0 amide bonds. The van der Waals surface area contributed by atoms with Gasteiger partial charge in [0.1, 0.15) is 17.2 Å². The van der Waals surface area contributed by atoms with E-state index in [2.05, 4.69) is 11.9 Å². The molecule has 0 spiro atoms. The fourth-order valence-electron chi connectivity index (χ4n) is 3.42. The number of ether oxygens (including phenoxy) is 1. The standard InChI is InChI=1S/C20H22N2O2S/c1-13-3-6-15(7-4-13)24-10-9-22-12-21-19-18(20(22)23)16-8-5-14(2)11-17(16)25-19/h3-4,6-7,12,14H,5,8-11H2,1-2H3. The third-order valence-electron chi connectivity index (χ3n) is 4.90. The van der Waals surface area contributed by atoms with Crippen LogP contribution in [0, 0.1) is 12.8 Å². The number of hydrogen-bond acceptors (Lipinski definition) is 4. The highest BCUT2D eigenvalue weighted by Crippen LogP contribution is 2.35. The molecule has 0 saturated heterocycles. The molecule has 130 valence electrons. The molecule has 1 unspecified atom stereocenters. The fraction of sp³-hybridized carbons (Fsp3) is 0.400. The molecule has 0 N–H and O–H groups in total. The first-order chi connectivity index (χ1) is 12.1. The van der Waals surface area contributed by atoms with Crippen molar-refractivity contribution in [1.82, 2.24) is 9.55 Å². The quantitative estimate of drug-likeness (QED) is 0.712. The SMILES string of the molecule is Cc1ccc(OCCn2cnc3sc4c(c3c2=O)CCC(C)C4)cc1. The lowest BCUT2D eigenvalue weighted by molar-refractivity contribution is 0.296. The molecule has 0 aliphatic heterocycles. The fourth-order valence-corrected chi connectivity index (χ4v) is 4.76. The van der Waals surface area contributed by atoms with Crippen LogP contribution in [0.15, 0.2) is 35.4 Å². The average Bonchev–Trinajstić information content (AvgIpc) is 2.97. The molecule has 5 heteroatoms. The number of nitrogens with zero attached hydrogens (tertiary/aromatic N) is 2. The predicted octanol–water partition coefficient (Wildman–Crippen LogP) is 3.97. The van der Waals surface area contributed by atoms with E-state index >= 15 is 0 Å². The lowest BCUT2D eigenvalue weighted by Crippen LogP contribution is -2.24. The summed E-state index contributed by atoms with van der Waals surface area (Å²) >= 11 is 1.69. The van der Waals surface area contributed by atoms with E-state index in [1.165, 1.54) is 16.0 Å². The monoisotopic (exact) mass is 354 g/mol. The second-order valence-electron chi connectivity index (χ2n) is 6.94. The lowest BCUT2D eigenvalue weighted by Gasteiger charge is -2.17. The zero-order valence-corrected chi connectivity index (χ0v) is 15.4. The summed E-state index contributed by atoms with van der Waals surface area (Å²) in [4.78, 5) is 19.7. The van der Waals surface area contributed by atoms with Gasteiger partial charge in [-0.25, -0.2) is 4.98 Å². The van der Waals surface area contributed by atoms with Gasteiger partial charge in [-0.1, -0.05) is 24.6 Å². The molecule has 4 rings (SSSR count). The van der Waals surface area contributed by atoms with Gasteiger partial charge in [0.05, 0.1) is 18.3 Å². The molecule has 3 aromatic rings. The maximum absolute atomic E-state index is 12.9. The summed E-state index contributed by atoms with van der Waals surface area (Å²) in [5.74, 6) is 1.53. The molecule has 2 aromatic heterocycles. The summed E-state index contributed by atoms with van der Waals surface area (Å²) in [5.41, 5.74) is 2.52. The highest BCUT2D eigenvalue weighted by atomic mass is 32.1. The Morgan fingerprint density at radius 3 is 2.92 bits per heavy atom. The number of aromatic nitrogens is 2. The van der Waals surface area contributed by atoms with Crippen LogP contribution in [0.1, 0.15) is 29.3 Å². The predicted molar refractivity (Wildman–Crippen MR) is 102 cm³/mol. The van der Waals surface area contributed by atoms with E-state index in [1.807, 2.05) is 31.2 Å². The van der Waals surface area contributed by atoms with Gasteiger partial charge in [-0.2, -0.15) is 0 Å². The van der Waals surface area contributed by atoms with E-state index in [4.69, 9.17) is 4.74 Å². The number of hydrogen-bond donors (Lipinski definition) is 0. The van der Waals surface area contributed by atoms with Gasteiger partial charge in [0.2, 0.25) is 0 Å². The second kappa shape index (κ2) is 6.64. The van der Waals surface area contributed by atoms with Crippen LogP contribution in [0.4, 0.5) is 0 Å². The summed E-state index contributed by atoms with van der Waals surface area (Å²) < 4.78 is 7.44. The molecular weight excluding hydrogens is 332 g/mol. The van der Waals surface area contributed by atoms with Gasteiger partial charge in [0.25, 0.3) is 5.56 Å². The maximum Gasteiger partial charge on any atom is 0.262 e. The first kappa shape index (κ1) is 16.3. The molecular formula is C20H22N2O2S. The molecule has 1 aliphatic carbocycles. The summed E-state index contributed by atoms with van der Waals surface area (Å²) in [6.45, 7) is 5.30. The highest BCUT2D eigenvalue weighted by molar-refractivity contribution is 7.18. The molecule has 1 aromatic carbocycles. The van der Waals surface area contributed by atoms with Crippen LogP contribution in [-0.2, 0) is 19.4 Å². The van der Waals surface area contributed by atoms with Crippen molar-refractivity contribution in [2.45, 2.75) is 39.7 Å². The summed E-state index contributed by atoms with van der Waals surface area (Å²) in [5, 5.41) is 0.838. The van der Waals surface area contributed by atoms with E-state index in [1.54, 1.807) is 22.2 Å². The largest absolute Gasteiger partial charge is 0.492 e. The molecule has 4 nitrogen and oxygen atoms in total. The van der Waals surface area contributed by atoms with Crippen molar-refractivity contribution < 1.29 is 4.74 Å². The Balaban J connectivity index is 1.55. The van der Waals surface area contributed by atoms with Crippen molar-refractivity contribution >= 4 is 21.6 Å². The van der Waals surface area contributed by atoms with Crippen molar-refractivity contribution in [2.24, 2.45) is 5.92 Å². The molecule has 0 radical (unpaired) electrons. The zero-order chi connectivity index (χ0) is 17.4. The number of aryl methyl sites for hydroxylation is 2. The van der Waals surface area contributed by atoms with Crippen molar-refractivity contribution in [2.75, 3.05) is 6.61 Å². The molecule has 0 saturated carbocycles. The Hall–Kier alpha value is -2.14. The van der Waals surface area contributed by atoms with Crippen molar-refractivity contribution in [3.8, 4) is 5.75 Å². The Bertz CT molecular complexity index is 956. The number of benzene rings is 1. The third kappa shape index (κ3) is 3.21. The normalized spacial score (nSPS) is 16.8. The Morgan fingerprint density at radius 2 is 2.12 bits per heavy atom. The Labute approximate surface area is 151 Å². The number of rotatable bonds is 4. The summed E-state index contributed by atoms with van der Waals surface area (Å²) in [6, 6.07) is 7.95. The van der Waals surface area contributed by atoms with E-state index in [-0.39, 0.29) is 5.56 Å². The van der Waals surface area contributed by atoms with Gasteiger partial charge in [-0.15, -0.1) is 11.3 Å². The third-order valence-corrected chi connectivity index (χ3v) is 6.07. The van der Waals surface area contributed by atoms with E-state index in [0.29, 0.717) is 19.1 Å². The van der Waals surface area contributed by atoms with Crippen molar-refractivity contribution in [3.63, 3.8) is 0 Å². The average molecular weight is 354 g/mol. The van der Waals surface area contributed by atoms with Gasteiger partial charge >= 0.3 is 0 Å². The van der Waals surface area contributed by atoms with E-state index < -0.39 is 0 Å². The topological polar surface area (TPSA) is 44.1 Å². The second-order valence-corrected chi connectivity index (χ2v) is 8.02. The minimum Gasteiger partial charge on any atom is -0.492 e. The van der Waals surface area contributed by atoms with Crippen LogP contribution in [0.2, 0.25) is 0 Å². The van der Waals surface area contributed by atoms with Gasteiger partial charge in [-0.05, 0) is 49.8 Å². The minimum atomic E-state index is 0.0737. The van der Waals surface area contributed by atoms with Crippen molar-refractivity contribution in [3.05, 3.63) is 57.0 Å². The zero-order valence-electron chi connectivity index (χ0n) is 14.6. The van der Waals surface area contributed by atoms with Crippen LogP contribution in [0.25, 0.3) is 10.2 Å². The Morgan fingerprint density at radius 1 is 1.32 bits per heavy atom. The van der Waals surface area contributed by atoms with Crippen LogP contribution in [0.5, 0.6) is 5.75 Å². The summed E-state index contributed by atoms with van der Waals surface area (Å²) in [7, 11) is 0. The molecule has 25 heavy (non-hydrogen) atoms. The molecule has 0 bridgehead atoms. The maximum atomic E-state index is 12.9. The summed E-state index contributed by atoms with van der Waals surface area (Å²) in [6.07, 6.45) is 4.89. The number of fused-ring (bicyclic) bond motifs is 3. The molecule has 1 aliphatic rings. The van der Waals surface area contributed by atoms with Gasteiger partial charge in [0, 0.05) is 4.88 Å². The molecule has 2 heterocycles. The highest BCUT2D eigenvalue weighted by Gasteiger charge is 2.23. The van der Waals surface area contributed by atoms with Crippen LogP contribution >= 0.6 is 11.3 Å². The minimum absolute atomic E-state index is 0.0737. The van der Waals surface area contributed by atoms with Gasteiger partial charge < -0.3 is 4.74 Å². The van der Waals surface area contributed by atoms with Gasteiger partial charge in [0.15, 0.2) is 0 Å². The van der Waals surface area contributed by atoms with Gasteiger partial charge in [-0.3, -0.25) is 9.36 Å². The number of thiophene rings is 1. The van der Waals surface area contributed by atoms with Crippen LogP contribution < -0.4 is 10.3 Å². The van der Waals surface area contributed by atoms with Crippen LogP contribution in [0.3, 0.4) is 0 Å². The van der Waals surface area contributed by atoms with E-state index in [0.717, 1.165) is 35.2 Å². The molecule has 0 fully saturated rings. The van der Waals surface area contributed by atoms with Crippen molar-refractivity contribution in [1.29, 1.82) is 0 Å². The first-order valence-electron chi connectivity index (χ1n) is 8.81. The first-order valence-corrected chi connectivity index (χ1v) is 9.62.